The molecule has 0 saturated heterocycles. The summed E-state index contributed by atoms with van der Waals surface area (Å²) in [5.41, 5.74) is 1.08. The van der Waals surface area contributed by atoms with E-state index in [1.165, 1.54) is 14.2 Å². The average Bonchev–Trinajstić information content (AvgIpc) is 2.22. The minimum absolute atomic E-state index is 0.0209. The molecule has 0 bridgehead atoms. The fourth-order valence-electron chi connectivity index (χ4n) is 1.46. The van der Waals surface area contributed by atoms with Gasteiger partial charge in [-0.15, -0.1) is 0 Å². The Hall–Kier alpha value is -1.76. The number of methoxy groups -OCH3 is 2. The monoisotopic (exact) mass is 209 g/mol. The molecule has 0 radical (unpaired) electrons. The topological polar surface area (TPSA) is 42.2 Å². The van der Waals surface area contributed by atoms with Crippen LogP contribution in [0.25, 0.3) is 0 Å². The predicted octanol–water partition coefficient (Wildman–Crippen LogP) is 2.22. The van der Waals surface area contributed by atoms with Crippen molar-refractivity contribution in [1.82, 2.24) is 0 Å². The Morgan fingerprint density at radius 3 is 2.40 bits per heavy atom. The summed E-state index contributed by atoms with van der Waals surface area (Å²) in [6.45, 7) is 1.78. The molecule has 0 aliphatic rings. The maximum absolute atomic E-state index is 13.7. The lowest BCUT2D eigenvalue weighted by Crippen LogP contribution is -2.00. The van der Waals surface area contributed by atoms with Gasteiger partial charge in [0.2, 0.25) is 0 Å². The van der Waals surface area contributed by atoms with Gasteiger partial charge in [0.15, 0.2) is 17.3 Å². The minimum Gasteiger partial charge on any atom is -0.492 e. The number of nitrogens with zero attached hydrogens (tertiary/aromatic N) is 1. The summed E-state index contributed by atoms with van der Waals surface area (Å²) in [7, 11) is 2.82. The molecule has 1 aromatic rings. The summed E-state index contributed by atoms with van der Waals surface area (Å²) < 4.78 is 23.7. The highest BCUT2D eigenvalue weighted by atomic mass is 19.1. The Labute approximate surface area is 88.0 Å². The molecular formula is C11H12FNO2. The maximum Gasteiger partial charge on any atom is 0.197 e. The van der Waals surface area contributed by atoms with Crippen LogP contribution >= 0.6 is 0 Å². The van der Waals surface area contributed by atoms with Crippen molar-refractivity contribution in [3.05, 3.63) is 23.0 Å². The lowest BCUT2D eigenvalue weighted by Gasteiger charge is -2.13. The molecule has 0 atom stereocenters. The molecule has 0 saturated carbocycles. The van der Waals surface area contributed by atoms with Gasteiger partial charge in [-0.25, -0.2) is 4.39 Å². The van der Waals surface area contributed by atoms with Crippen molar-refractivity contribution in [2.45, 2.75) is 13.3 Å². The van der Waals surface area contributed by atoms with Crippen molar-refractivity contribution in [2.75, 3.05) is 14.2 Å². The summed E-state index contributed by atoms with van der Waals surface area (Å²) in [5.74, 6) is -0.0964. The highest BCUT2D eigenvalue weighted by Crippen LogP contribution is 2.35. The van der Waals surface area contributed by atoms with Crippen molar-refractivity contribution in [3.8, 4) is 17.6 Å². The summed E-state index contributed by atoms with van der Waals surface area (Å²) >= 11 is 0. The highest BCUT2D eigenvalue weighted by Gasteiger charge is 2.17. The number of hydrogen-bond acceptors (Lipinski definition) is 3. The SMILES string of the molecule is COc1c(C)cc(CC#N)c(F)c1OC. The average molecular weight is 209 g/mol. The number of halogens is 1. The number of hydrogen-bond donors (Lipinski definition) is 0. The van der Waals surface area contributed by atoms with Gasteiger partial charge in [-0.05, 0) is 18.6 Å². The quantitative estimate of drug-likeness (QED) is 0.766. The molecule has 4 heteroatoms. The second-order valence-electron chi connectivity index (χ2n) is 3.07. The molecule has 0 heterocycles. The third-order valence-electron chi connectivity index (χ3n) is 2.11. The summed E-state index contributed by atoms with van der Waals surface area (Å²) in [6.07, 6.45) is 0.0209. The van der Waals surface area contributed by atoms with E-state index < -0.39 is 5.82 Å². The summed E-state index contributed by atoms with van der Waals surface area (Å²) in [4.78, 5) is 0. The van der Waals surface area contributed by atoms with Gasteiger partial charge in [-0.2, -0.15) is 5.26 Å². The van der Waals surface area contributed by atoms with Crippen LogP contribution in [0, 0.1) is 24.1 Å². The number of aryl methyl sites for hydroxylation is 1. The molecule has 1 rings (SSSR count). The van der Waals surface area contributed by atoms with Crippen LogP contribution in [0.1, 0.15) is 11.1 Å². The van der Waals surface area contributed by atoms with E-state index in [0.717, 1.165) is 5.56 Å². The zero-order valence-electron chi connectivity index (χ0n) is 8.93. The van der Waals surface area contributed by atoms with Crippen molar-refractivity contribution in [2.24, 2.45) is 0 Å². The molecule has 0 fully saturated rings. The van der Waals surface area contributed by atoms with Gasteiger partial charge in [-0.1, -0.05) is 0 Å². The number of ether oxygens (including phenoxy) is 2. The second-order valence-corrected chi connectivity index (χ2v) is 3.07. The van der Waals surface area contributed by atoms with Gasteiger partial charge in [0.05, 0.1) is 26.7 Å². The Morgan fingerprint density at radius 2 is 1.93 bits per heavy atom. The predicted molar refractivity (Wildman–Crippen MR) is 53.6 cm³/mol. The molecule has 15 heavy (non-hydrogen) atoms. The fourth-order valence-corrected chi connectivity index (χ4v) is 1.46. The number of benzene rings is 1. The van der Waals surface area contributed by atoms with Crippen LogP contribution in [0.15, 0.2) is 6.07 Å². The van der Waals surface area contributed by atoms with Gasteiger partial charge < -0.3 is 9.47 Å². The third kappa shape index (κ3) is 2.01. The molecule has 0 amide bonds. The van der Waals surface area contributed by atoms with Gasteiger partial charge in [0, 0.05) is 5.56 Å². The fraction of sp³-hybridized carbons (Fsp3) is 0.364. The van der Waals surface area contributed by atoms with Crippen LogP contribution in [-0.4, -0.2) is 14.2 Å². The molecule has 80 valence electrons. The molecule has 0 N–H and O–H groups in total. The molecular weight excluding hydrogens is 197 g/mol. The maximum atomic E-state index is 13.7. The van der Waals surface area contributed by atoms with Crippen molar-refractivity contribution in [3.63, 3.8) is 0 Å². The lowest BCUT2D eigenvalue weighted by atomic mass is 10.1. The van der Waals surface area contributed by atoms with Gasteiger partial charge in [0.1, 0.15) is 0 Å². The van der Waals surface area contributed by atoms with Crippen LogP contribution < -0.4 is 9.47 Å². The molecule has 0 spiro atoms. The molecule has 3 nitrogen and oxygen atoms in total. The lowest BCUT2D eigenvalue weighted by molar-refractivity contribution is 0.334. The highest BCUT2D eigenvalue weighted by molar-refractivity contribution is 5.50. The Balaban J connectivity index is 3.38. The Kier molecular flexibility index (Phi) is 3.51. The van der Waals surface area contributed by atoms with Crippen LogP contribution in [-0.2, 0) is 6.42 Å². The van der Waals surface area contributed by atoms with Gasteiger partial charge >= 0.3 is 0 Å². The summed E-state index contributed by atoms with van der Waals surface area (Å²) in [5, 5.41) is 8.54. The first kappa shape index (κ1) is 11.3. The van der Waals surface area contributed by atoms with E-state index in [2.05, 4.69) is 0 Å². The molecule has 0 unspecified atom stereocenters. The second kappa shape index (κ2) is 4.65. The van der Waals surface area contributed by atoms with Crippen LogP contribution in [0.4, 0.5) is 4.39 Å². The first-order valence-electron chi connectivity index (χ1n) is 4.42. The summed E-state index contributed by atoms with van der Waals surface area (Å²) in [6, 6.07) is 3.50. The van der Waals surface area contributed by atoms with Crippen LogP contribution in [0.2, 0.25) is 0 Å². The Morgan fingerprint density at radius 1 is 1.33 bits per heavy atom. The standard InChI is InChI=1S/C11H12FNO2/c1-7-6-8(4-5-13)9(12)11(15-3)10(7)14-2/h6H,4H2,1-3H3. The molecule has 0 aliphatic heterocycles. The van der Waals surface area contributed by atoms with Crippen molar-refractivity contribution < 1.29 is 13.9 Å². The van der Waals surface area contributed by atoms with Crippen LogP contribution in [0.5, 0.6) is 11.5 Å². The van der Waals surface area contributed by atoms with Crippen LogP contribution in [0.3, 0.4) is 0 Å². The van der Waals surface area contributed by atoms with E-state index in [-0.39, 0.29) is 12.2 Å². The van der Waals surface area contributed by atoms with E-state index in [9.17, 15) is 4.39 Å². The number of rotatable bonds is 3. The van der Waals surface area contributed by atoms with E-state index in [1.807, 2.05) is 6.07 Å². The van der Waals surface area contributed by atoms with E-state index in [0.29, 0.717) is 11.3 Å². The first-order chi connectivity index (χ1) is 7.15. The van der Waals surface area contributed by atoms with Gasteiger partial charge in [0.25, 0.3) is 0 Å². The Bertz CT molecular complexity index is 410. The van der Waals surface area contributed by atoms with E-state index in [1.54, 1.807) is 13.0 Å². The molecule has 0 aliphatic carbocycles. The zero-order chi connectivity index (χ0) is 11.4. The van der Waals surface area contributed by atoms with Crippen molar-refractivity contribution >= 4 is 0 Å². The van der Waals surface area contributed by atoms with E-state index in [4.69, 9.17) is 14.7 Å². The smallest absolute Gasteiger partial charge is 0.197 e. The molecule has 1 aromatic carbocycles. The van der Waals surface area contributed by atoms with Crippen molar-refractivity contribution in [1.29, 1.82) is 5.26 Å². The largest absolute Gasteiger partial charge is 0.492 e. The normalized spacial score (nSPS) is 9.53. The third-order valence-corrected chi connectivity index (χ3v) is 2.11. The first-order valence-corrected chi connectivity index (χ1v) is 4.42. The molecule has 0 aromatic heterocycles. The van der Waals surface area contributed by atoms with Gasteiger partial charge in [-0.3, -0.25) is 0 Å². The zero-order valence-corrected chi connectivity index (χ0v) is 8.93. The minimum atomic E-state index is -0.526. The number of nitriles is 1. The van der Waals surface area contributed by atoms with E-state index >= 15 is 0 Å².